The van der Waals surface area contributed by atoms with E-state index < -0.39 is 0 Å². The van der Waals surface area contributed by atoms with Crippen molar-refractivity contribution < 1.29 is 4.79 Å². The van der Waals surface area contributed by atoms with Crippen molar-refractivity contribution in [2.75, 3.05) is 13.1 Å². The molecule has 2 aromatic heterocycles. The van der Waals surface area contributed by atoms with Crippen LogP contribution in [0.4, 0.5) is 0 Å². The summed E-state index contributed by atoms with van der Waals surface area (Å²) in [4.78, 5) is 18.9. The standard InChI is InChI=1S/C15H21N5O/c1-11(2)19(10-12-4-3-5-17-12)15(21)13-8-18-20-7-6-16-9-14(13)20/h6-9,11-12,17H,3-5,10H2,1-2H3. The average Bonchev–Trinajstić information content (AvgIpc) is 3.13. The number of nitrogens with one attached hydrogen (secondary N) is 1. The molecular weight excluding hydrogens is 266 g/mol. The van der Waals surface area contributed by atoms with E-state index in [1.54, 1.807) is 29.3 Å². The van der Waals surface area contributed by atoms with Gasteiger partial charge in [0, 0.05) is 31.0 Å². The summed E-state index contributed by atoms with van der Waals surface area (Å²) >= 11 is 0. The number of carbonyl (C=O) groups excluding carboxylic acids is 1. The predicted molar refractivity (Wildman–Crippen MR) is 80.2 cm³/mol. The number of hydrogen-bond donors (Lipinski definition) is 1. The molecule has 0 bridgehead atoms. The zero-order valence-corrected chi connectivity index (χ0v) is 12.5. The highest BCUT2D eigenvalue weighted by molar-refractivity contribution is 6.00. The molecule has 1 unspecified atom stereocenters. The van der Waals surface area contributed by atoms with Crippen LogP contribution in [0.15, 0.2) is 24.8 Å². The van der Waals surface area contributed by atoms with Gasteiger partial charge in [0.1, 0.15) is 0 Å². The molecular formula is C15H21N5O. The third kappa shape index (κ3) is 2.76. The molecule has 0 spiro atoms. The Kier molecular flexibility index (Phi) is 3.88. The minimum Gasteiger partial charge on any atom is -0.335 e. The third-order valence-electron chi connectivity index (χ3n) is 4.02. The zero-order valence-electron chi connectivity index (χ0n) is 12.5. The first kappa shape index (κ1) is 14.0. The molecule has 1 atom stereocenters. The van der Waals surface area contributed by atoms with Gasteiger partial charge in [-0.2, -0.15) is 5.10 Å². The lowest BCUT2D eigenvalue weighted by Crippen LogP contribution is -2.44. The first-order chi connectivity index (χ1) is 10.2. The maximum atomic E-state index is 12.9. The van der Waals surface area contributed by atoms with E-state index >= 15 is 0 Å². The summed E-state index contributed by atoms with van der Waals surface area (Å²) in [7, 11) is 0. The summed E-state index contributed by atoms with van der Waals surface area (Å²) in [6.07, 6.45) is 9.06. The van der Waals surface area contributed by atoms with Crippen LogP contribution in [-0.2, 0) is 0 Å². The van der Waals surface area contributed by atoms with Gasteiger partial charge < -0.3 is 10.2 Å². The first-order valence-corrected chi connectivity index (χ1v) is 7.48. The lowest BCUT2D eigenvalue weighted by molar-refractivity contribution is 0.0691. The summed E-state index contributed by atoms with van der Waals surface area (Å²) < 4.78 is 1.69. The Morgan fingerprint density at radius 1 is 1.52 bits per heavy atom. The fourth-order valence-electron chi connectivity index (χ4n) is 2.83. The molecule has 3 rings (SSSR count). The van der Waals surface area contributed by atoms with Gasteiger partial charge >= 0.3 is 0 Å². The minimum absolute atomic E-state index is 0.0294. The second-order valence-electron chi connectivity index (χ2n) is 5.81. The topological polar surface area (TPSA) is 62.5 Å². The lowest BCUT2D eigenvalue weighted by Gasteiger charge is -2.29. The van der Waals surface area contributed by atoms with Gasteiger partial charge in [-0.3, -0.25) is 9.78 Å². The molecule has 0 aliphatic carbocycles. The molecule has 1 saturated heterocycles. The number of nitrogens with zero attached hydrogens (tertiary/aromatic N) is 4. The van der Waals surface area contributed by atoms with Crippen LogP contribution in [0.2, 0.25) is 0 Å². The maximum absolute atomic E-state index is 12.9. The van der Waals surface area contributed by atoms with Gasteiger partial charge in [-0.1, -0.05) is 0 Å². The van der Waals surface area contributed by atoms with E-state index in [2.05, 4.69) is 29.2 Å². The molecule has 3 heterocycles. The molecule has 0 saturated carbocycles. The molecule has 1 N–H and O–H groups in total. The molecule has 6 heteroatoms. The van der Waals surface area contributed by atoms with Gasteiger partial charge in [0.2, 0.25) is 0 Å². The van der Waals surface area contributed by atoms with Crippen molar-refractivity contribution in [2.45, 2.75) is 38.8 Å². The van der Waals surface area contributed by atoms with E-state index in [1.165, 1.54) is 6.42 Å². The summed E-state index contributed by atoms with van der Waals surface area (Å²) in [6, 6.07) is 0.558. The van der Waals surface area contributed by atoms with Crippen molar-refractivity contribution in [2.24, 2.45) is 0 Å². The number of amides is 1. The highest BCUT2D eigenvalue weighted by Gasteiger charge is 2.26. The van der Waals surface area contributed by atoms with Gasteiger partial charge in [-0.25, -0.2) is 4.52 Å². The Labute approximate surface area is 124 Å². The van der Waals surface area contributed by atoms with Crippen LogP contribution < -0.4 is 5.32 Å². The molecule has 1 amide bonds. The Morgan fingerprint density at radius 3 is 3.10 bits per heavy atom. The van der Waals surface area contributed by atoms with E-state index in [4.69, 9.17) is 0 Å². The minimum atomic E-state index is 0.0294. The normalized spacial score (nSPS) is 18.5. The van der Waals surface area contributed by atoms with Gasteiger partial charge in [0.15, 0.2) is 0 Å². The van der Waals surface area contributed by atoms with Crippen LogP contribution in [-0.4, -0.2) is 50.6 Å². The molecule has 112 valence electrons. The van der Waals surface area contributed by atoms with Crippen molar-refractivity contribution in [3.05, 3.63) is 30.4 Å². The van der Waals surface area contributed by atoms with E-state index in [1.807, 2.05) is 4.90 Å². The van der Waals surface area contributed by atoms with Gasteiger partial charge in [0.25, 0.3) is 5.91 Å². The molecule has 1 fully saturated rings. The molecule has 1 aliphatic rings. The maximum Gasteiger partial charge on any atom is 0.258 e. The van der Waals surface area contributed by atoms with Crippen molar-refractivity contribution in [3.63, 3.8) is 0 Å². The molecule has 2 aromatic rings. The Hall–Kier alpha value is -1.95. The van der Waals surface area contributed by atoms with E-state index in [0.29, 0.717) is 11.6 Å². The number of hydrogen-bond acceptors (Lipinski definition) is 4. The van der Waals surface area contributed by atoms with E-state index in [0.717, 1.165) is 25.0 Å². The van der Waals surface area contributed by atoms with Crippen molar-refractivity contribution in [1.82, 2.24) is 24.8 Å². The fourth-order valence-corrected chi connectivity index (χ4v) is 2.83. The Bertz CT molecular complexity index is 630. The largest absolute Gasteiger partial charge is 0.335 e. The van der Waals surface area contributed by atoms with Crippen LogP contribution in [0.25, 0.3) is 5.52 Å². The van der Waals surface area contributed by atoms with Crippen molar-refractivity contribution >= 4 is 11.4 Å². The highest BCUT2D eigenvalue weighted by Crippen LogP contribution is 2.16. The molecule has 1 aliphatic heterocycles. The smallest absolute Gasteiger partial charge is 0.258 e. The zero-order chi connectivity index (χ0) is 14.8. The van der Waals surface area contributed by atoms with Gasteiger partial charge in [-0.05, 0) is 33.2 Å². The fraction of sp³-hybridized carbons (Fsp3) is 0.533. The summed E-state index contributed by atoms with van der Waals surface area (Å²) in [5.74, 6) is 0.0294. The molecule has 21 heavy (non-hydrogen) atoms. The number of rotatable bonds is 4. The van der Waals surface area contributed by atoms with Crippen LogP contribution in [0.5, 0.6) is 0 Å². The number of fused-ring (bicyclic) bond motifs is 1. The lowest BCUT2D eigenvalue weighted by atomic mass is 10.1. The second kappa shape index (κ2) is 5.81. The number of aromatic nitrogens is 3. The average molecular weight is 287 g/mol. The summed E-state index contributed by atoms with van der Waals surface area (Å²) in [5.41, 5.74) is 1.38. The van der Waals surface area contributed by atoms with Crippen molar-refractivity contribution in [1.29, 1.82) is 0 Å². The quantitative estimate of drug-likeness (QED) is 0.921. The summed E-state index contributed by atoms with van der Waals surface area (Å²) in [6.45, 7) is 5.90. The molecule has 6 nitrogen and oxygen atoms in total. The van der Waals surface area contributed by atoms with Crippen LogP contribution in [0.3, 0.4) is 0 Å². The number of carbonyl (C=O) groups is 1. The van der Waals surface area contributed by atoms with Gasteiger partial charge in [-0.15, -0.1) is 0 Å². The predicted octanol–water partition coefficient (Wildman–Crippen LogP) is 1.33. The summed E-state index contributed by atoms with van der Waals surface area (Å²) in [5, 5.41) is 7.68. The highest BCUT2D eigenvalue weighted by atomic mass is 16.2. The molecule has 0 radical (unpaired) electrons. The second-order valence-corrected chi connectivity index (χ2v) is 5.81. The third-order valence-corrected chi connectivity index (χ3v) is 4.02. The monoisotopic (exact) mass is 287 g/mol. The van der Waals surface area contributed by atoms with Crippen LogP contribution in [0, 0.1) is 0 Å². The Morgan fingerprint density at radius 2 is 2.38 bits per heavy atom. The molecule has 0 aromatic carbocycles. The van der Waals surface area contributed by atoms with E-state index in [-0.39, 0.29) is 11.9 Å². The van der Waals surface area contributed by atoms with Crippen molar-refractivity contribution in [3.8, 4) is 0 Å². The van der Waals surface area contributed by atoms with Crippen LogP contribution in [0.1, 0.15) is 37.0 Å². The SMILES string of the molecule is CC(C)N(CC1CCCN1)C(=O)c1cnn2ccncc12. The van der Waals surface area contributed by atoms with Gasteiger partial charge in [0.05, 0.1) is 23.5 Å². The Balaban J connectivity index is 1.86. The first-order valence-electron chi connectivity index (χ1n) is 7.48. The van der Waals surface area contributed by atoms with E-state index in [9.17, 15) is 4.79 Å². The van der Waals surface area contributed by atoms with Crippen LogP contribution >= 0.6 is 0 Å².